The molecule has 0 spiro atoms. The molecule has 1 aliphatic heterocycles. The first-order valence-corrected chi connectivity index (χ1v) is 8.32. The van der Waals surface area contributed by atoms with Crippen molar-refractivity contribution in [2.45, 2.75) is 20.4 Å². The van der Waals surface area contributed by atoms with Crippen molar-refractivity contribution < 1.29 is 9.53 Å². The second kappa shape index (κ2) is 8.43. The molecule has 7 heteroatoms. The van der Waals surface area contributed by atoms with Crippen LogP contribution < -0.4 is 10.2 Å². The minimum absolute atomic E-state index is 0.0404. The lowest BCUT2D eigenvalue weighted by Gasteiger charge is -2.26. The molecule has 0 unspecified atom stereocenters. The molecule has 0 radical (unpaired) electrons. The summed E-state index contributed by atoms with van der Waals surface area (Å²) in [5, 5.41) is 6.21. The highest BCUT2D eigenvalue weighted by molar-refractivity contribution is 7.14. The zero-order valence-electron chi connectivity index (χ0n) is 12.8. The third-order valence-electron chi connectivity index (χ3n) is 3.48. The van der Waals surface area contributed by atoms with Crippen LogP contribution in [0, 0.1) is 0 Å². The van der Waals surface area contributed by atoms with Crippen molar-refractivity contribution in [1.82, 2.24) is 15.2 Å². The molecule has 2 heterocycles. The fourth-order valence-electron chi connectivity index (χ4n) is 2.27. The van der Waals surface area contributed by atoms with Gasteiger partial charge in [0.1, 0.15) is 0 Å². The first-order chi connectivity index (χ1) is 10.2. The molecule has 21 heavy (non-hydrogen) atoms. The van der Waals surface area contributed by atoms with Crippen LogP contribution in [-0.2, 0) is 16.1 Å². The van der Waals surface area contributed by atoms with Crippen LogP contribution >= 0.6 is 11.3 Å². The second-order valence-corrected chi connectivity index (χ2v) is 5.85. The molecule has 1 aliphatic rings. The van der Waals surface area contributed by atoms with E-state index in [4.69, 9.17) is 4.74 Å². The van der Waals surface area contributed by atoms with Crippen molar-refractivity contribution in [3.8, 4) is 0 Å². The topological polar surface area (TPSA) is 57.7 Å². The quantitative estimate of drug-likeness (QED) is 0.759. The molecule has 0 bridgehead atoms. The first-order valence-electron chi connectivity index (χ1n) is 7.44. The monoisotopic (exact) mass is 312 g/mol. The lowest BCUT2D eigenvalue weighted by molar-refractivity contribution is -0.116. The number of aromatic nitrogens is 1. The van der Waals surface area contributed by atoms with Gasteiger partial charge in [-0.15, -0.1) is 11.3 Å². The van der Waals surface area contributed by atoms with Crippen molar-refractivity contribution in [1.29, 1.82) is 0 Å². The molecule has 0 atom stereocenters. The Morgan fingerprint density at radius 3 is 2.95 bits per heavy atom. The molecular formula is C14H24N4O2S. The Morgan fingerprint density at radius 2 is 2.29 bits per heavy atom. The fraction of sp³-hybridized carbons (Fsp3) is 0.714. The number of carbonyl (C=O) groups is 1. The van der Waals surface area contributed by atoms with Crippen molar-refractivity contribution >= 4 is 22.4 Å². The van der Waals surface area contributed by atoms with Crippen LogP contribution in [0.2, 0.25) is 0 Å². The van der Waals surface area contributed by atoms with Crippen molar-refractivity contribution in [2.75, 3.05) is 50.8 Å². The van der Waals surface area contributed by atoms with E-state index in [-0.39, 0.29) is 5.91 Å². The Bertz CT molecular complexity index is 446. The third-order valence-corrected chi connectivity index (χ3v) is 4.39. The highest BCUT2D eigenvalue weighted by Crippen LogP contribution is 2.20. The van der Waals surface area contributed by atoms with Gasteiger partial charge in [-0.25, -0.2) is 4.98 Å². The van der Waals surface area contributed by atoms with Gasteiger partial charge in [0.2, 0.25) is 5.91 Å². The average molecular weight is 312 g/mol. The molecule has 2 rings (SSSR count). The van der Waals surface area contributed by atoms with E-state index in [1.807, 2.05) is 12.3 Å². The van der Waals surface area contributed by atoms with Crippen molar-refractivity contribution in [2.24, 2.45) is 0 Å². The molecule has 6 nitrogen and oxygen atoms in total. The highest BCUT2D eigenvalue weighted by Gasteiger charge is 2.13. The van der Waals surface area contributed by atoms with Crippen molar-refractivity contribution in [3.05, 3.63) is 11.1 Å². The average Bonchev–Trinajstić information content (AvgIpc) is 2.94. The minimum atomic E-state index is 0.0404. The third kappa shape index (κ3) is 5.03. The number of morpholine rings is 1. The van der Waals surface area contributed by atoms with E-state index in [2.05, 4.69) is 15.2 Å². The fourth-order valence-corrected chi connectivity index (χ4v) is 3.20. The van der Waals surface area contributed by atoms with Gasteiger partial charge in [-0.05, 0) is 6.92 Å². The number of rotatable bonds is 7. The number of amides is 1. The molecule has 1 saturated heterocycles. The Labute approximate surface area is 130 Å². The van der Waals surface area contributed by atoms with Gasteiger partial charge < -0.3 is 10.1 Å². The van der Waals surface area contributed by atoms with Crippen LogP contribution in [0.25, 0.3) is 0 Å². The van der Waals surface area contributed by atoms with Crippen LogP contribution in [0.1, 0.15) is 19.5 Å². The summed E-state index contributed by atoms with van der Waals surface area (Å²) in [5.41, 5.74) is 0.997. The molecule has 1 fully saturated rings. The number of nitrogens with zero attached hydrogens (tertiary/aromatic N) is 3. The normalized spacial score (nSPS) is 16.1. The number of nitrogens with one attached hydrogen (secondary N) is 1. The lowest BCUT2D eigenvalue weighted by atomic mass is 10.4. The maximum absolute atomic E-state index is 11.5. The summed E-state index contributed by atoms with van der Waals surface area (Å²) in [5.74, 6) is 0.0404. The Morgan fingerprint density at radius 1 is 1.52 bits per heavy atom. The van der Waals surface area contributed by atoms with Crippen LogP contribution in [0.15, 0.2) is 5.38 Å². The number of ether oxygens (including phenoxy) is 1. The van der Waals surface area contributed by atoms with Gasteiger partial charge in [0, 0.05) is 51.6 Å². The van der Waals surface area contributed by atoms with E-state index >= 15 is 0 Å². The zero-order chi connectivity index (χ0) is 15.1. The largest absolute Gasteiger partial charge is 0.379 e. The molecular weight excluding hydrogens is 288 g/mol. The summed E-state index contributed by atoms with van der Waals surface area (Å²) in [6.07, 6.45) is 0. The van der Waals surface area contributed by atoms with Gasteiger partial charge in [0.15, 0.2) is 5.13 Å². The summed E-state index contributed by atoms with van der Waals surface area (Å²) in [6, 6.07) is 0. The Balaban J connectivity index is 1.71. The van der Waals surface area contributed by atoms with E-state index in [1.165, 1.54) is 11.3 Å². The van der Waals surface area contributed by atoms with Crippen LogP contribution in [0.5, 0.6) is 0 Å². The standard InChI is InChI=1S/C14H24N4O2S/c1-3-18(12(2)19)14-16-13(11-21-14)10-15-4-5-17-6-8-20-9-7-17/h11,15H,3-10H2,1-2H3. The van der Waals surface area contributed by atoms with E-state index < -0.39 is 0 Å². The first kappa shape index (κ1) is 16.4. The predicted molar refractivity (Wildman–Crippen MR) is 84.8 cm³/mol. The van der Waals surface area contributed by atoms with Gasteiger partial charge in [0.05, 0.1) is 18.9 Å². The highest BCUT2D eigenvalue weighted by atomic mass is 32.1. The van der Waals surface area contributed by atoms with Crippen LogP contribution in [-0.4, -0.2) is 61.7 Å². The van der Waals surface area contributed by atoms with Crippen molar-refractivity contribution in [3.63, 3.8) is 0 Å². The number of thiazole rings is 1. The number of anilines is 1. The molecule has 1 aromatic heterocycles. The SMILES string of the molecule is CCN(C(C)=O)c1nc(CNCCN2CCOCC2)cs1. The summed E-state index contributed by atoms with van der Waals surface area (Å²) in [6.45, 7) is 10.6. The molecule has 0 aliphatic carbocycles. The number of hydrogen-bond donors (Lipinski definition) is 1. The van der Waals surface area contributed by atoms with E-state index in [0.29, 0.717) is 6.54 Å². The van der Waals surface area contributed by atoms with Gasteiger partial charge >= 0.3 is 0 Å². The Hall–Kier alpha value is -1.02. The molecule has 1 N–H and O–H groups in total. The zero-order valence-corrected chi connectivity index (χ0v) is 13.6. The van der Waals surface area contributed by atoms with E-state index in [0.717, 1.165) is 56.8 Å². The van der Waals surface area contributed by atoms with Crippen LogP contribution in [0.3, 0.4) is 0 Å². The van der Waals surface area contributed by atoms with Gasteiger partial charge in [0.25, 0.3) is 0 Å². The minimum Gasteiger partial charge on any atom is -0.379 e. The van der Waals surface area contributed by atoms with Gasteiger partial charge in [-0.3, -0.25) is 14.6 Å². The molecule has 1 amide bonds. The summed E-state index contributed by atoms with van der Waals surface area (Å²) in [7, 11) is 0. The number of carbonyl (C=O) groups excluding carboxylic acids is 1. The molecule has 1 aromatic rings. The summed E-state index contributed by atoms with van der Waals surface area (Å²) < 4.78 is 5.33. The Kier molecular flexibility index (Phi) is 6.56. The second-order valence-electron chi connectivity index (χ2n) is 5.02. The maximum Gasteiger partial charge on any atom is 0.225 e. The smallest absolute Gasteiger partial charge is 0.225 e. The maximum atomic E-state index is 11.5. The van der Waals surface area contributed by atoms with Crippen LogP contribution in [0.4, 0.5) is 5.13 Å². The predicted octanol–water partition coefficient (Wildman–Crippen LogP) is 0.938. The lowest BCUT2D eigenvalue weighted by Crippen LogP contribution is -2.40. The molecule has 0 aromatic carbocycles. The molecule has 0 saturated carbocycles. The summed E-state index contributed by atoms with van der Waals surface area (Å²) in [4.78, 5) is 20.1. The summed E-state index contributed by atoms with van der Waals surface area (Å²) >= 11 is 1.52. The van der Waals surface area contributed by atoms with Gasteiger partial charge in [-0.1, -0.05) is 0 Å². The van der Waals surface area contributed by atoms with E-state index in [1.54, 1.807) is 11.8 Å². The number of hydrogen-bond acceptors (Lipinski definition) is 6. The van der Waals surface area contributed by atoms with E-state index in [9.17, 15) is 4.79 Å². The van der Waals surface area contributed by atoms with Gasteiger partial charge in [-0.2, -0.15) is 0 Å². The molecule has 118 valence electrons.